The summed E-state index contributed by atoms with van der Waals surface area (Å²) in [4.78, 5) is 7.20. The van der Waals surface area contributed by atoms with E-state index in [0.717, 1.165) is 38.4 Å². The molecule has 2 saturated heterocycles. The Balaban J connectivity index is 1.72. The Morgan fingerprint density at radius 3 is 2.78 bits per heavy atom. The molecule has 6 heteroatoms. The fraction of sp³-hybridized carbons (Fsp3) is 0.667. The Labute approximate surface area is 162 Å². The van der Waals surface area contributed by atoms with Crippen LogP contribution in [-0.4, -0.2) is 68.6 Å². The van der Waals surface area contributed by atoms with Crippen LogP contribution in [0.2, 0.25) is 0 Å². The van der Waals surface area contributed by atoms with Gasteiger partial charge in [-0.05, 0) is 37.8 Å². The van der Waals surface area contributed by atoms with Gasteiger partial charge >= 0.3 is 0 Å². The molecule has 0 bridgehead atoms. The van der Waals surface area contributed by atoms with Gasteiger partial charge in [0.05, 0.1) is 26.3 Å². The molecule has 0 radical (unpaired) electrons. The standard InChI is InChI=1S/C21H33N3O3/c1-3-22-20(23-15-21(16-25)8-11-26-12-9-21)24-10-13-27-19(14-24)18-7-5-4-6-17(18)2/h4-7,19,25H,3,8-16H2,1-2H3,(H,22,23). The van der Waals surface area contributed by atoms with E-state index in [-0.39, 0.29) is 18.1 Å². The van der Waals surface area contributed by atoms with Crippen LogP contribution in [-0.2, 0) is 9.47 Å². The van der Waals surface area contributed by atoms with E-state index in [0.29, 0.717) is 26.4 Å². The van der Waals surface area contributed by atoms with Gasteiger partial charge in [-0.25, -0.2) is 0 Å². The Kier molecular flexibility index (Phi) is 7.10. The van der Waals surface area contributed by atoms with E-state index in [1.807, 2.05) is 0 Å². The van der Waals surface area contributed by atoms with Crippen molar-refractivity contribution in [1.82, 2.24) is 10.2 Å². The van der Waals surface area contributed by atoms with E-state index in [4.69, 9.17) is 14.5 Å². The third-order valence-electron chi connectivity index (χ3n) is 5.69. The van der Waals surface area contributed by atoms with E-state index in [1.54, 1.807) is 0 Å². The smallest absolute Gasteiger partial charge is 0.194 e. The maximum atomic E-state index is 9.94. The summed E-state index contributed by atoms with van der Waals surface area (Å²) >= 11 is 0. The summed E-state index contributed by atoms with van der Waals surface area (Å²) in [6.45, 7) is 9.53. The lowest BCUT2D eigenvalue weighted by molar-refractivity contribution is -0.0132. The maximum Gasteiger partial charge on any atom is 0.194 e. The molecular weight excluding hydrogens is 342 g/mol. The number of aliphatic hydroxyl groups is 1. The normalized spacial score (nSPS) is 23.3. The van der Waals surface area contributed by atoms with Crippen LogP contribution in [0.3, 0.4) is 0 Å². The highest BCUT2D eigenvalue weighted by Crippen LogP contribution is 2.30. The van der Waals surface area contributed by atoms with Crippen molar-refractivity contribution in [3.63, 3.8) is 0 Å². The number of hydrogen-bond acceptors (Lipinski definition) is 4. The lowest BCUT2D eigenvalue weighted by Gasteiger charge is -2.37. The topological polar surface area (TPSA) is 66.3 Å². The molecule has 1 unspecified atom stereocenters. The number of aliphatic imine (C=N–C) groups is 1. The summed E-state index contributed by atoms with van der Waals surface area (Å²) in [5, 5.41) is 13.4. The van der Waals surface area contributed by atoms with Gasteiger partial charge in [0.2, 0.25) is 0 Å². The number of guanidine groups is 1. The highest BCUT2D eigenvalue weighted by molar-refractivity contribution is 5.80. The van der Waals surface area contributed by atoms with Crippen LogP contribution in [0.4, 0.5) is 0 Å². The Morgan fingerprint density at radius 1 is 1.30 bits per heavy atom. The number of nitrogens with zero attached hydrogens (tertiary/aromatic N) is 2. The van der Waals surface area contributed by atoms with Crippen LogP contribution in [0, 0.1) is 12.3 Å². The van der Waals surface area contributed by atoms with Crippen LogP contribution < -0.4 is 5.32 Å². The van der Waals surface area contributed by atoms with Gasteiger partial charge in [-0.15, -0.1) is 0 Å². The molecule has 27 heavy (non-hydrogen) atoms. The average Bonchev–Trinajstić information content (AvgIpc) is 2.72. The predicted octanol–water partition coefficient (Wildman–Crippen LogP) is 2.12. The molecule has 0 saturated carbocycles. The number of rotatable bonds is 5. The Bertz CT molecular complexity index is 629. The number of aliphatic hydroxyl groups excluding tert-OH is 1. The van der Waals surface area contributed by atoms with Gasteiger partial charge in [-0.3, -0.25) is 4.99 Å². The molecule has 0 aliphatic carbocycles. The molecular formula is C21H33N3O3. The van der Waals surface area contributed by atoms with E-state index >= 15 is 0 Å². The molecule has 2 aliphatic rings. The lowest BCUT2D eigenvalue weighted by atomic mass is 9.81. The second-order valence-corrected chi connectivity index (χ2v) is 7.60. The summed E-state index contributed by atoms with van der Waals surface area (Å²) in [6, 6.07) is 8.41. The molecule has 0 amide bonds. The SMILES string of the molecule is CCNC(=NCC1(CO)CCOCC1)N1CCOC(c2ccccc2C)C1. The Morgan fingerprint density at radius 2 is 2.07 bits per heavy atom. The summed E-state index contributed by atoms with van der Waals surface area (Å²) in [5.41, 5.74) is 2.35. The molecule has 2 fully saturated rings. The number of hydrogen-bond donors (Lipinski definition) is 2. The fourth-order valence-electron chi connectivity index (χ4n) is 3.82. The number of aryl methyl sites for hydroxylation is 1. The van der Waals surface area contributed by atoms with Crippen molar-refractivity contribution in [1.29, 1.82) is 0 Å². The number of ether oxygens (including phenoxy) is 2. The molecule has 1 atom stereocenters. The molecule has 150 valence electrons. The second-order valence-electron chi connectivity index (χ2n) is 7.60. The number of benzene rings is 1. The van der Waals surface area contributed by atoms with Crippen molar-refractivity contribution in [2.75, 3.05) is 52.6 Å². The lowest BCUT2D eigenvalue weighted by Crippen LogP contribution is -2.49. The first-order valence-corrected chi connectivity index (χ1v) is 10.1. The van der Waals surface area contributed by atoms with Crippen molar-refractivity contribution in [2.24, 2.45) is 10.4 Å². The highest BCUT2D eigenvalue weighted by Gasteiger charge is 2.32. The zero-order chi connectivity index (χ0) is 19.1. The van der Waals surface area contributed by atoms with Crippen LogP contribution in [0.5, 0.6) is 0 Å². The molecule has 0 spiro atoms. The molecule has 3 rings (SSSR count). The Hall–Kier alpha value is -1.63. The number of nitrogens with one attached hydrogen (secondary N) is 1. The molecule has 2 N–H and O–H groups in total. The van der Waals surface area contributed by atoms with Crippen LogP contribution in [0.15, 0.2) is 29.3 Å². The zero-order valence-corrected chi connectivity index (χ0v) is 16.6. The van der Waals surface area contributed by atoms with E-state index in [1.165, 1.54) is 11.1 Å². The third-order valence-corrected chi connectivity index (χ3v) is 5.69. The number of morpholine rings is 1. The molecule has 0 aromatic heterocycles. The van der Waals surface area contributed by atoms with Crippen molar-refractivity contribution in [2.45, 2.75) is 32.8 Å². The zero-order valence-electron chi connectivity index (χ0n) is 16.6. The molecule has 6 nitrogen and oxygen atoms in total. The fourth-order valence-corrected chi connectivity index (χ4v) is 3.82. The van der Waals surface area contributed by atoms with E-state index in [2.05, 4.69) is 48.3 Å². The quantitative estimate of drug-likeness (QED) is 0.610. The second kappa shape index (κ2) is 9.53. The van der Waals surface area contributed by atoms with Crippen molar-refractivity contribution in [3.05, 3.63) is 35.4 Å². The van der Waals surface area contributed by atoms with Gasteiger partial charge in [0.15, 0.2) is 5.96 Å². The van der Waals surface area contributed by atoms with Gasteiger partial charge in [-0.2, -0.15) is 0 Å². The van der Waals surface area contributed by atoms with Crippen LogP contribution in [0.1, 0.15) is 37.0 Å². The molecule has 1 aromatic rings. The van der Waals surface area contributed by atoms with E-state index in [9.17, 15) is 5.11 Å². The third kappa shape index (κ3) is 5.00. The van der Waals surface area contributed by atoms with Crippen LogP contribution >= 0.6 is 0 Å². The largest absolute Gasteiger partial charge is 0.396 e. The van der Waals surface area contributed by atoms with Gasteiger partial charge in [0.1, 0.15) is 6.10 Å². The van der Waals surface area contributed by atoms with Gasteiger partial charge in [0.25, 0.3) is 0 Å². The minimum atomic E-state index is -0.152. The van der Waals surface area contributed by atoms with Crippen molar-refractivity contribution >= 4 is 5.96 Å². The summed E-state index contributed by atoms with van der Waals surface area (Å²) in [7, 11) is 0. The van der Waals surface area contributed by atoms with Crippen molar-refractivity contribution < 1.29 is 14.6 Å². The minimum absolute atomic E-state index is 0.0543. The summed E-state index contributed by atoms with van der Waals surface area (Å²) in [6.07, 6.45) is 1.78. The first-order chi connectivity index (χ1) is 13.2. The maximum absolute atomic E-state index is 9.94. The van der Waals surface area contributed by atoms with Crippen molar-refractivity contribution in [3.8, 4) is 0 Å². The first-order valence-electron chi connectivity index (χ1n) is 10.1. The van der Waals surface area contributed by atoms with Gasteiger partial charge in [-0.1, -0.05) is 24.3 Å². The predicted molar refractivity (Wildman–Crippen MR) is 107 cm³/mol. The average molecular weight is 376 g/mol. The summed E-state index contributed by atoms with van der Waals surface area (Å²) < 4.78 is 11.5. The van der Waals surface area contributed by atoms with E-state index < -0.39 is 0 Å². The van der Waals surface area contributed by atoms with Gasteiger partial charge < -0.3 is 24.8 Å². The minimum Gasteiger partial charge on any atom is -0.396 e. The first kappa shape index (κ1) is 20.1. The highest BCUT2D eigenvalue weighted by atomic mass is 16.5. The molecule has 2 heterocycles. The molecule has 1 aromatic carbocycles. The summed E-state index contributed by atoms with van der Waals surface area (Å²) in [5.74, 6) is 0.915. The molecule has 2 aliphatic heterocycles. The van der Waals surface area contributed by atoms with Gasteiger partial charge in [0, 0.05) is 31.7 Å². The van der Waals surface area contributed by atoms with Crippen LogP contribution in [0.25, 0.3) is 0 Å². The monoisotopic (exact) mass is 375 g/mol.